The highest BCUT2D eigenvalue weighted by Gasteiger charge is 2.19. The summed E-state index contributed by atoms with van der Waals surface area (Å²) in [6.45, 7) is 8.51. The van der Waals surface area contributed by atoms with Gasteiger partial charge >= 0.3 is 6.03 Å². The standard InChI is InChI=1S/C17H23N5O2S2/c1-5-8-18-16-21-22-17(26-16)25-12(4)14(23)20-15(24)19-13-7-6-10(2)9-11(13)3/h6-7,9,12H,5,8H2,1-4H3,(H,18,21)(H2,19,20,23,24)/t12-/m1/s1. The lowest BCUT2D eigenvalue weighted by molar-refractivity contribution is -0.119. The summed E-state index contributed by atoms with van der Waals surface area (Å²) in [6, 6.07) is 5.15. The van der Waals surface area contributed by atoms with Crippen LogP contribution in [-0.2, 0) is 4.79 Å². The van der Waals surface area contributed by atoms with Crippen molar-refractivity contribution >= 4 is 45.9 Å². The van der Waals surface area contributed by atoms with Gasteiger partial charge in [0.15, 0.2) is 4.34 Å². The summed E-state index contributed by atoms with van der Waals surface area (Å²) in [5, 5.41) is 16.6. The smallest absolute Gasteiger partial charge is 0.325 e. The molecule has 0 saturated carbocycles. The van der Waals surface area contributed by atoms with Gasteiger partial charge in [-0.25, -0.2) is 4.79 Å². The number of nitrogens with one attached hydrogen (secondary N) is 3. The van der Waals surface area contributed by atoms with E-state index in [1.807, 2.05) is 32.0 Å². The number of carbonyl (C=O) groups excluding carboxylic acids is 2. The Morgan fingerprint density at radius 2 is 2.04 bits per heavy atom. The topological polar surface area (TPSA) is 96.0 Å². The highest BCUT2D eigenvalue weighted by atomic mass is 32.2. The molecule has 0 unspecified atom stereocenters. The zero-order chi connectivity index (χ0) is 19.1. The molecule has 1 aromatic heterocycles. The number of nitrogens with zero attached hydrogens (tertiary/aromatic N) is 2. The third kappa shape index (κ3) is 5.99. The van der Waals surface area contributed by atoms with E-state index in [4.69, 9.17) is 0 Å². The van der Waals surface area contributed by atoms with Gasteiger partial charge in [-0.05, 0) is 38.8 Å². The molecule has 3 amide bonds. The quantitative estimate of drug-likeness (QED) is 0.619. The minimum absolute atomic E-state index is 0.379. The van der Waals surface area contributed by atoms with Gasteiger partial charge in [0.25, 0.3) is 0 Å². The van der Waals surface area contributed by atoms with Crippen molar-refractivity contribution in [3.05, 3.63) is 29.3 Å². The first-order chi connectivity index (χ1) is 12.4. The fourth-order valence-corrected chi connectivity index (χ4v) is 4.01. The molecule has 1 atom stereocenters. The van der Waals surface area contributed by atoms with Crippen molar-refractivity contribution in [2.75, 3.05) is 17.2 Å². The van der Waals surface area contributed by atoms with Crippen LogP contribution in [0.4, 0.5) is 15.6 Å². The summed E-state index contributed by atoms with van der Waals surface area (Å²) in [6.07, 6.45) is 0.996. The van der Waals surface area contributed by atoms with Crippen LogP contribution in [0.15, 0.2) is 22.5 Å². The summed E-state index contributed by atoms with van der Waals surface area (Å²) in [5.74, 6) is -0.379. The third-order valence-corrected chi connectivity index (χ3v) is 5.51. The largest absolute Gasteiger partial charge is 0.360 e. The molecular formula is C17H23N5O2S2. The van der Waals surface area contributed by atoms with Gasteiger partial charge in [0.1, 0.15) is 0 Å². The Hall–Kier alpha value is -2.13. The highest BCUT2D eigenvalue weighted by Crippen LogP contribution is 2.28. The first kappa shape index (κ1) is 20.2. The van der Waals surface area contributed by atoms with Crippen LogP contribution in [0.2, 0.25) is 0 Å². The first-order valence-electron chi connectivity index (χ1n) is 8.32. The number of aryl methyl sites for hydroxylation is 2. The van der Waals surface area contributed by atoms with E-state index in [1.165, 1.54) is 23.1 Å². The van der Waals surface area contributed by atoms with Crippen molar-refractivity contribution in [3.63, 3.8) is 0 Å². The second-order valence-electron chi connectivity index (χ2n) is 5.82. The van der Waals surface area contributed by atoms with Crippen LogP contribution in [0, 0.1) is 13.8 Å². The van der Waals surface area contributed by atoms with Gasteiger partial charge in [0.2, 0.25) is 11.0 Å². The Morgan fingerprint density at radius 1 is 1.27 bits per heavy atom. The Morgan fingerprint density at radius 3 is 2.73 bits per heavy atom. The Labute approximate surface area is 161 Å². The molecule has 3 N–H and O–H groups in total. The SMILES string of the molecule is CCCNc1nnc(S[C@H](C)C(=O)NC(=O)Nc2ccc(C)cc2C)s1. The lowest BCUT2D eigenvalue weighted by Crippen LogP contribution is -2.39. The summed E-state index contributed by atoms with van der Waals surface area (Å²) < 4.78 is 0.682. The second-order valence-corrected chi connectivity index (χ2v) is 8.39. The maximum absolute atomic E-state index is 12.2. The lowest BCUT2D eigenvalue weighted by Gasteiger charge is -2.12. The van der Waals surface area contributed by atoms with Crippen LogP contribution in [0.3, 0.4) is 0 Å². The molecule has 140 valence electrons. The normalized spacial score (nSPS) is 11.7. The van der Waals surface area contributed by atoms with Crippen molar-refractivity contribution in [1.82, 2.24) is 15.5 Å². The van der Waals surface area contributed by atoms with E-state index in [9.17, 15) is 9.59 Å². The number of amides is 3. The number of benzene rings is 1. The molecule has 0 aliphatic heterocycles. The molecule has 0 fully saturated rings. The predicted molar refractivity (Wildman–Crippen MR) is 107 cm³/mol. The molecule has 2 rings (SSSR count). The monoisotopic (exact) mass is 393 g/mol. The van der Waals surface area contributed by atoms with Crippen molar-refractivity contribution in [3.8, 4) is 0 Å². The number of aromatic nitrogens is 2. The number of imide groups is 1. The van der Waals surface area contributed by atoms with Gasteiger partial charge in [-0.3, -0.25) is 10.1 Å². The molecular weight excluding hydrogens is 370 g/mol. The summed E-state index contributed by atoms with van der Waals surface area (Å²) >= 11 is 2.66. The van der Waals surface area contributed by atoms with Crippen LogP contribution < -0.4 is 16.0 Å². The van der Waals surface area contributed by atoms with Gasteiger partial charge in [-0.15, -0.1) is 10.2 Å². The van der Waals surface area contributed by atoms with Crippen LogP contribution in [0.1, 0.15) is 31.4 Å². The van der Waals surface area contributed by atoms with E-state index < -0.39 is 11.3 Å². The minimum Gasteiger partial charge on any atom is -0.360 e. The molecule has 0 aliphatic rings. The Kier molecular flexibility index (Phi) is 7.40. The summed E-state index contributed by atoms with van der Waals surface area (Å²) in [5.41, 5.74) is 2.73. The third-order valence-electron chi connectivity index (χ3n) is 3.45. The van der Waals surface area contributed by atoms with Crippen LogP contribution in [0.25, 0.3) is 0 Å². The molecule has 0 spiro atoms. The number of urea groups is 1. The van der Waals surface area contributed by atoms with Crippen molar-refractivity contribution in [2.45, 2.75) is 43.7 Å². The van der Waals surface area contributed by atoms with Crippen molar-refractivity contribution < 1.29 is 9.59 Å². The fraction of sp³-hybridized carbons (Fsp3) is 0.412. The number of rotatable bonds is 7. The fourth-order valence-electron chi connectivity index (χ4n) is 2.09. The molecule has 0 saturated heterocycles. The molecule has 2 aromatic rings. The van der Waals surface area contributed by atoms with E-state index in [-0.39, 0.29) is 5.91 Å². The molecule has 0 bridgehead atoms. The van der Waals surface area contributed by atoms with E-state index in [0.717, 1.165) is 29.2 Å². The molecule has 26 heavy (non-hydrogen) atoms. The molecule has 7 nitrogen and oxygen atoms in total. The Balaban J connectivity index is 1.85. The van der Waals surface area contributed by atoms with Crippen molar-refractivity contribution in [1.29, 1.82) is 0 Å². The summed E-state index contributed by atoms with van der Waals surface area (Å²) in [4.78, 5) is 24.3. The summed E-state index contributed by atoms with van der Waals surface area (Å²) in [7, 11) is 0. The molecule has 1 aromatic carbocycles. The Bertz CT molecular complexity index is 778. The van der Waals surface area contributed by atoms with Crippen molar-refractivity contribution in [2.24, 2.45) is 0 Å². The van der Waals surface area contributed by atoms with Crippen LogP contribution >= 0.6 is 23.1 Å². The maximum Gasteiger partial charge on any atom is 0.325 e. The average Bonchev–Trinajstić information content (AvgIpc) is 3.02. The van der Waals surface area contributed by atoms with E-state index >= 15 is 0 Å². The number of hydrogen-bond donors (Lipinski definition) is 3. The van der Waals surface area contributed by atoms with Gasteiger partial charge in [0.05, 0.1) is 5.25 Å². The first-order valence-corrected chi connectivity index (χ1v) is 10.0. The number of thioether (sulfide) groups is 1. The van der Waals surface area contributed by atoms with Gasteiger partial charge in [-0.1, -0.05) is 47.7 Å². The molecule has 0 aliphatic carbocycles. The number of anilines is 2. The zero-order valence-corrected chi connectivity index (χ0v) is 16.9. The average molecular weight is 394 g/mol. The highest BCUT2D eigenvalue weighted by molar-refractivity contribution is 8.02. The van der Waals surface area contributed by atoms with E-state index in [1.54, 1.807) is 6.92 Å². The molecule has 1 heterocycles. The van der Waals surface area contributed by atoms with E-state index in [0.29, 0.717) is 10.0 Å². The predicted octanol–water partition coefficient (Wildman–Crippen LogP) is 3.81. The van der Waals surface area contributed by atoms with Gasteiger partial charge < -0.3 is 10.6 Å². The lowest BCUT2D eigenvalue weighted by atomic mass is 10.1. The van der Waals surface area contributed by atoms with Crippen LogP contribution in [-0.4, -0.2) is 33.9 Å². The molecule has 0 radical (unpaired) electrons. The minimum atomic E-state index is -0.544. The van der Waals surface area contributed by atoms with Crippen LogP contribution in [0.5, 0.6) is 0 Å². The molecule has 9 heteroatoms. The zero-order valence-electron chi connectivity index (χ0n) is 15.3. The van der Waals surface area contributed by atoms with Gasteiger partial charge in [-0.2, -0.15) is 0 Å². The van der Waals surface area contributed by atoms with Gasteiger partial charge in [0, 0.05) is 12.2 Å². The second kappa shape index (κ2) is 9.54. The number of carbonyl (C=O) groups is 2. The van der Waals surface area contributed by atoms with E-state index in [2.05, 4.69) is 33.1 Å². The maximum atomic E-state index is 12.2. The number of hydrogen-bond acceptors (Lipinski definition) is 7.